The Morgan fingerprint density at radius 1 is 0.429 bits per heavy atom. The first kappa shape index (κ1) is 155. The third-order valence-electron chi connectivity index (χ3n) is 0. The Labute approximate surface area is 84.6 Å². The van der Waals surface area contributed by atoms with Gasteiger partial charge in [0.25, 0.3) is 0 Å². The third kappa shape index (κ3) is 76.5. The topological polar surface area (TPSA) is 126 Å². The molecule has 0 atom stereocenters. The number of rotatable bonds is 0. The molecule has 0 aromatic heterocycles. The number of hydrogen-bond donors (Lipinski definition) is 0. The van der Waals surface area contributed by atoms with Crippen LogP contribution in [-0.2, 0) is 63.3 Å². The second-order valence-electron chi connectivity index (χ2n) is 0. The number of hydrogen-bond acceptors (Lipinski definition) is 0. The average molecular weight is 265 g/mol. The molecule has 0 heterocycles. The van der Waals surface area contributed by atoms with Gasteiger partial charge >= 0.3 is 0 Å². The third-order valence-corrected chi connectivity index (χ3v) is 0. The van der Waals surface area contributed by atoms with Crippen molar-refractivity contribution in [1.29, 1.82) is 0 Å². The van der Waals surface area contributed by atoms with E-state index in [1.165, 1.54) is 0 Å². The summed E-state index contributed by atoms with van der Waals surface area (Å²) >= 11 is 0. The molecule has 0 aromatic rings. The fourth-order valence-corrected chi connectivity index (χ4v) is 0. The fourth-order valence-electron chi connectivity index (χ4n) is 0. The van der Waals surface area contributed by atoms with Gasteiger partial charge in [0.2, 0.25) is 0 Å². The van der Waals surface area contributed by atoms with Crippen LogP contribution in [0.3, 0.4) is 0 Å². The Morgan fingerprint density at radius 3 is 0.429 bits per heavy atom. The molecular formula is H8O4V2Zr. The van der Waals surface area contributed by atoms with Gasteiger partial charge in [0, 0.05) is 63.3 Å². The second kappa shape index (κ2) is 105. The van der Waals surface area contributed by atoms with Crippen LogP contribution in [0.2, 0.25) is 0 Å². The van der Waals surface area contributed by atoms with Crippen LogP contribution in [0.1, 0.15) is 0 Å². The second-order valence-corrected chi connectivity index (χ2v) is 0. The normalized spacial score (nSPS) is 0. The molecule has 0 aliphatic rings. The van der Waals surface area contributed by atoms with Gasteiger partial charge in [-0.2, -0.15) is 0 Å². The van der Waals surface area contributed by atoms with Crippen LogP contribution in [0.4, 0.5) is 0 Å². The van der Waals surface area contributed by atoms with Gasteiger partial charge in [-0.1, -0.05) is 0 Å². The van der Waals surface area contributed by atoms with E-state index in [-0.39, 0.29) is 85.2 Å². The molecule has 7 heteroatoms. The zero-order valence-corrected chi connectivity index (χ0v) is 8.65. The van der Waals surface area contributed by atoms with Crippen LogP contribution >= 0.6 is 0 Å². The van der Waals surface area contributed by atoms with Crippen molar-refractivity contribution in [2.45, 2.75) is 0 Å². The van der Waals surface area contributed by atoms with E-state index in [2.05, 4.69) is 0 Å². The van der Waals surface area contributed by atoms with Gasteiger partial charge in [0.15, 0.2) is 0 Å². The van der Waals surface area contributed by atoms with Crippen LogP contribution < -0.4 is 0 Å². The Balaban J connectivity index is 0. The van der Waals surface area contributed by atoms with Crippen molar-refractivity contribution in [3.05, 3.63) is 0 Å². The smallest absolute Gasteiger partial charge is 0 e. The molecule has 8 N–H and O–H groups in total. The molecule has 0 unspecified atom stereocenters. The van der Waals surface area contributed by atoms with Crippen LogP contribution in [0.5, 0.6) is 0 Å². The monoisotopic (exact) mass is 264 g/mol. The van der Waals surface area contributed by atoms with Gasteiger partial charge in [-0.25, -0.2) is 0 Å². The predicted octanol–water partition coefficient (Wildman–Crippen LogP) is -3.31. The molecule has 7 heavy (non-hydrogen) atoms. The van der Waals surface area contributed by atoms with Gasteiger partial charge < -0.3 is 21.9 Å². The molecule has 46 valence electrons. The molecular weight excluding hydrogens is 257 g/mol. The molecule has 0 aromatic carbocycles. The average Bonchev–Trinajstić information content (AvgIpc) is 0. The molecule has 4 nitrogen and oxygen atoms in total. The van der Waals surface area contributed by atoms with E-state index in [4.69, 9.17) is 0 Å². The van der Waals surface area contributed by atoms with Crippen molar-refractivity contribution in [1.82, 2.24) is 0 Å². The van der Waals surface area contributed by atoms with Gasteiger partial charge in [-0.3, -0.25) is 0 Å². The summed E-state index contributed by atoms with van der Waals surface area (Å²) in [5.41, 5.74) is 0. The Morgan fingerprint density at radius 2 is 0.429 bits per heavy atom. The van der Waals surface area contributed by atoms with E-state index in [0.717, 1.165) is 0 Å². The molecule has 0 aliphatic heterocycles. The molecule has 0 saturated carbocycles. The first-order valence-electron chi connectivity index (χ1n) is 0. The molecule has 0 spiro atoms. The molecule has 0 bridgehead atoms. The molecule has 0 fully saturated rings. The minimum Gasteiger partial charge on any atom is -0.412 e. The van der Waals surface area contributed by atoms with Crippen molar-refractivity contribution in [3.8, 4) is 0 Å². The first-order chi connectivity index (χ1) is 0. The quantitative estimate of drug-likeness (QED) is 0.435. The van der Waals surface area contributed by atoms with Crippen LogP contribution in [-0.4, -0.2) is 21.9 Å². The van der Waals surface area contributed by atoms with E-state index in [0.29, 0.717) is 0 Å². The zero-order valence-electron chi connectivity index (χ0n) is 3.39. The maximum absolute atomic E-state index is 0. The molecule has 0 saturated heterocycles. The predicted molar refractivity (Wildman–Crippen MR) is 14.5 cm³/mol. The summed E-state index contributed by atoms with van der Waals surface area (Å²) < 4.78 is 0. The summed E-state index contributed by atoms with van der Waals surface area (Å²) in [5, 5.41) is 0. The van der Waals surface area contributed by atoms with E-state index in [1.54, 1.807) is 0 Å². The molecule has 0 aliphatic carbocycles. The maximum Gasteiger partial charge on any atom is 0 e. The largest absolute Gasteiger partial charge is 0.412 e. The summed E-state index contributed by atoms with van der Waals surface area (Å²) in [6.45, 7) is 0. The maximum atomic E-state index is 0. The Kier molecular flexibility index (Phi) is 2310. The summed E-state index contributed by atoms with van der Waals surface area (Å²) in [7, 11) is 0. The zero-order chi connectivity index (χ0) is 0. The van der Waals surface area contributed by atoms with Crippen molar-refractivity contribution in [2.24, 2.45) is 0 Å². The molecule has 0 rings (SSSR count). The standard InChI is InChI=1S/4H2O.2V.Zr/h4*1H2;;;. The van der Waals surface area contributed by atoms with Crippen molar-refractivity contribution in [3.63, 3.8) is 0 Å². The Bertz CT molecular complexity index is 9.65. The minimum absolute atomic E-state index is 0. The summed E-state index contributed by atoms with van der Waals surface area (Å²) in [6, 6.07) is 0. The van der Waals surface area contributed by atoms with Crippen molar-refractivity contribution < 1.29 is 85.2 Å². The van der Waals surface area contributed by atoms with E-state index in [1.807, 2.05) is 0 Å². The fraction of sp³-hybridized carbons (Fsp3) is 0. The SMILES string of the molecule is O.O.O.O.[V].[V].[Zr]. The van der Waals surface area contributed by atoms with Gasteiger partial charge in [-0.05, 0) is 0 Å². The van der Waals surface area contributed by atoms with Gasteiger partial charge in [0.1, 0.15) is 0 Å². The minimum atomic E-state index is 0. The summed E-state index contributed by atoms with van der Waals surface area (Å²) in [6.07, 6.45) is 0. The van der Waals surface area contributed by atoms with Gasteiger partial charge in [-0.15, -0.1) is 0 Å². The molecule has 2 radical (unpaired) electrons. The van der Waals surface area contributed by atoms with E-state index < -0.39 is 0 Å². The molecule has 0 amide bonds. The Hall–Kier alpha value is 1.89. The van der Waals surface area contributed by atoms with Crippen LogP contribution in [0.15, 0.2) is 0 Å². The van der Waals surface area contributed by atoms with Crippen molar-refractivity contribution in [2.75, 3.05) is 0 Å². The first-order valence-corrected chi connectivity index (χ1v) is 0. The van der Waals surface area contributed by atoms with E-state index in [9.17, 15) is 0 Å². The van der Waals surface area contributed by atoms with E-state index >= 15 is 0 Å². The summed E-state index contributed by atoms with van der Waals surface area (Å²) in [5.74, 6) is 0. The summed E-state index contributed by atoms with van der Waals surface area (Å²) in [4.78, 5) is 0. The van der Waals surface area contributed by atoms with Gasteiger partial charge in [0.05, 0.1) is 0 Å². The van der Waals surface area contributed by atoms with Crippen molar-refractivity contribution >= 4 is 0 Å². The van der Waals surface area contributed by atoms with Crippen LogP contribution in [0.25, 0.3) is 0 Å². The van der Waals surface area contributed by atoms with Crippen LogP contribution in [0, 0.1) is 0 Å².